The van der Waals surface area contributed by atoms with E-state index in [1.807, 2.05) is 59.1 Å². The summed E-state index contributed by atoms with van der Waals surface area (Å²) in [6.45, 7) is 0. The Labute approximate surface area is 323 Å². The van der Waals surface area contributed by atoms with Crippen molar-refractivity contribution in [2.45, 2.75) is 0 Å². The summed E-state index contributed by atoms with van der Waals surface area (Å²) in [5, 5.41) is 10.0. The van der Waals surface area contributed by atoms with Crippen LogP contribution in [-0.4, -0.2) is 19.5 Å². The molecule has 256 valence electrons. The van der Waals surface area contributed by atoms with Crippen molar-refractivity contribution in [1.29, 1.82) is 0 Å². The van der Waals surface area contributed by atoms with Gasteiger partial charge in [0.05, 0.1) is 15.7 Å². The van der Waals surface area contributed by atoms with Gasteiger partial charge in [-0.3, -0.25) is 0 Å². The molecule has 0 radical (unpaired) electrons. The molecule has 0 aliphatic rings. The van der Waals surface area contributed by atoms with Crippen molar-refractivity contribution in [1.82, 2.24) is 19.5 Å². The molecular formula is C49H28N4S2. The SMILES string of the molecule is c1ccc(-c2nc(-c3ccccc3)nc(-c3cc4ccccc4c4c3sc3cc(-n5c6ccccc6c6ccc7c8ccccc8sc7c65)ccc34)n2)cc1. The maximum absolute atomic E-state index is 5.18. The van der Waals surface area contributed by atoms with Gasteiger partial charge >= 0.3 is 0 Å². The summed E-state index contributed by atoms with van der Waals surface area (Å²) in [5.74, 6) is 1.99. The highest BCUT2D eigenvalue weighted by Gasteiger charge is 2.21. The van der Waals surface area contributed by atoms with Gasteiger partial charge in [-0.05, 0) is 41.1 Å². The lowest BCUT2D eigenvalue weighted by molar-refractivity contribution is 1.08. The number of nitrogens with zero attached hydrogens (tertiary/aromatic N) is 4. The molecular weight excluding hydrogens is 709 g/mol. The van der Waals surface area contributed by atoms with Crippen LogP contribution in [-0.2, 0) is 0 Å². The van der Waals surface area contributed by atoms with Crippen LogP contribution in [0.1, 0.15) is 0 Å². The fraction of sp³-hybridized carbons (Fsp3) is 0. The number of aromatic nitrogens is 4. The highest BCUT2D eigenvalue weighted by atomic mass is 32.1. The van der Waals surface area contributed by atoms with Crippen molar-refractivity contribution in [3.8, 4) is 39.9 Å². The van der Waals surface area contributed by atoms with Crippen LogP contribution in [0.3, 0.4) is 0 Å². The van der Waals surface area contributed by atoms with Gasteiger partial charge in [-0.2, -0.15) is 0 Å². The first-order chi connectivity index (χ1) is 27.3. The van der Waals surface area contributed by atoms with Crippen LogP contribution in [0, 0.1) is 0 Å². The van der Waals surface area contributed by atoms with E-state index in [0.717, 1.165) is 27.8 Å². The minimum atomic E-state index is 0.660. The topological polar surface area (TPSA) is 43.6 Å². The van der Waals surface area contributed by atoms with E-state index in [2.05, 4.69) is 138 Å². The van der Waals surface area contributed by atoms with Gasteiger partial charge in [0.25, 0.3) is 0 Å². The third-order valence-electron chi connectivity index (χ3n) is 10.8. The maximum atomic E-state index is 5.18. The first kappa shape index (κ1) is 30.7. The van der Waals surface area contributed by atoms with E-state index in [1.165, 1.54) is 67.5 Å². The zero-order chi connectivity index (χ0) is 36.0. The standard InChI is InChI=1S/C49H28N4S2/c1-3-13-29(14-4-1)47-50-48(30-15-5-2-6-16-30)52-49(51-47)39-27-31-17-7-8-18-33(31)43-38-24-23-32(28-42(38)55-45(39)43)53-40-21-11-9-19-34(40)36-25-26-37-35-20-10-12-22-41(35)54-46(37)44(36)53/h1-28H. The molecule has 0 aliphatic carbocycles. The number of para-hydroxylation sites is 1. The van der Waals surface area contributed by atoms with Gasteiger partial charge in [-0.15, -0.1) is 22.7 Å². The average Bonchev–Trinajstić information content (AvgIpc) is 3.94. The number of rotatable bonds is 4. The molecule has 0 fully saturated rings. The summed E-state index contributed by atoms with van der Waals surface area (Å²) < 4.78 is 7.50. The lowest BCUT2D eigenvalue weighted by Gasteiger charge is -2.11. The molecule has 8 aromatic carbocycles. The zero-order valence-electron chi connectivity index (χ0n) is 29.3. The fourth-order valence-electron chi connectivity index (χ4n) is 8.35. The van der Waals surface area contributed by atoms with Crippen LogP contribution in [0.2, 0.25) is 0 Å². The van der Waals surface area contributed by atoms with E-state index in [4.69, 9.17) is 15.0 Å². The van der Waals surface area contributed by atoms with Gasteiger partial charge in [0.1, 0.15) is 0 Å². The Morgan fingerprint density at radius 3 is 1.78 bits per heavy atom. The molecule has 0 saturated heterocycles. The number of hydrogen-bond acceptors (Lipinski definition) is 5. The van der Waals surface area contributed by atoms with E-state index in [0.29, 0.717) is 17.5 Å². The Hall–Kier alpha value is -6.73. The second-order valence-corrected chi connectivity index (χ2v) is 16.1. The van der Waals surface area contributed by atoms with Crippen molar-refractivity contribution >= 4 is 95.6 Å². The summed E-state index contributed by atoms with van der Waals surface area (Å²) in [6, 6.07) is 60.6. The van der Waals surface area contributed by atoms with Gasteiger partial charge in [-0.25, -0.2) is 15.0 Å². The van der Waals surface area contributed by atoms with Gasteiger partial charge < -0.3 is 4.57 Å². The normalized spacial score (nSPS) is 12.0. The molecule has 4 nitrogen and oxygen atoms in total. The third-order valence-corrected chi connectivity index (χ3v) is 13.2. The van der Waals surface area contributed by atoms with Crippen molar-refractivity contribution < 1.29 is 0 Å². The number of benzene rings is 8. The summed E-state index contributed by atoms with van der Waals surface area (Å²) in [5.41, 5.74) is 6.55. The van der Waals surface area contributed by atoms with Gasteiger partial charge in [0.2, 0.25) is 0 Å². The molecule has 55 heavy (non-hydrogen) atoms. The molecule has 12 rings (SSSR count). The Kier molecular flexibility index (Phi) is 6.64. The maximum Gasteiger partial charge on any atom is 0.165 e. The van der Waals surface area contributed by atoms with E-state index >= 15 is 0 Å². The molecule has 0 bridgehead atoms. The fourth-order valence-corrected chi connectivity index (χ4v) is 10.8. The molecule has 12 aromatic rings. The predicted octanol–water partition coefficient (Wildman–Crippen LogP) is 13.9. The highest BCUT2D eigenvalue weighted by molar-refractivity contribution is 7.27. The van der Waals surface area contributed by atoms with Crippen LogP contribution >= 0.6 is 22.7 Å². The molecule has 6 heteroatoms. The number of thiophene rings is 2. The molecule has 0 amide bonds. The highest BCUT2D eigenvalue weighted by Crippen LogP contribution is 2.47. The van der Waals surface area contributed by atoms with Crippen molar-refractivity contribution in [2.75, 3.05) is 0 Å². The smallest absolute Gasteiger partial charge is 0.165 e. The second kappa shape index (κ2) is 11.9. The Morgan fingerprint density at radius 1 is 0.400 bits per heavy atom. The quantitative estimate of drug-likeness (QED) is 0.181. The molecule has 0 N–H and O–H groups in total. The second-order valence-electron chi connectivity index (χ2n) is 14.0. The molecule has 4 heterocycles. The first-order valence-electron chi connectivity index (χ1n) is 18.4. The Balaban J connectivity index is 1.14. The van der Waals surface area contributed by atoms with Crippen LogP contribution in [0.4, 0.5) is 0 Å². The van der Waals surface area contributed by atoms with Gasteiger partial charge in [-0.1, -0.05) is 140 Å². The minimum Gasteiger partial charge on any atom is -0.308 e. The molecule has 0 saturated carbocycles. The first-order valence-corrected chi connectivity index (χ1v) is 20.0. The van der Waals surface area contributed by atoms with E-state index in [1.54, 1.807) is 0 Å². The van der Waals surface area contributed by atoms with Crippen molar-refractivity contribution in [3.05, 3.63) is 170 Å². The molecule has 4 aromatic heterocycles. The summed E-state index contributed by atoms with van der Waals surface area (Å²) in [6.07, 6.45) is 0. The molecule has 0 aliphatic heterocycles. The molecule has 0 atom stereocenters. The van der Waals surface area contributed by atoms with E-state index < -0.39 is 0 Å². The average molecular weight is 737 g/mol. The predicted molar refractivity (Wildman–Crippen MR) is 234 cm³/mol. The summed E-state index contributed by atoms with van der Waals surface area (Å²) >= 11 is 3.71. The lowest BCUT2D eigenvalue weighted by Crippen LogP contribution is -2.00. The third kappa shape index (κ3) is 4.65. The largest absolute Gasteiger partial charge is 0.308 e. The molecule has 0 spiro atoms. The minimum absolute atomic E-state index is 0.660. The molecule has 0 unspecified atom stereocenters. The number of hydrogen-bond donors (Lipinski definition) is 0. The van der Waals surface area contributed by atoms with Crippen LogP contribution in [0.25, 0.3) is 113 Å². The summed E-state index contributed by atoms with van der Waals surface area (Å²) in [4.78, 5) is 15.4. The van der Waals surface area contributed by atoms with Gasteiger partial charge in [0, 0.05) is 68.8 Å². The van der Waals surface area contributed by atoms with Crippen LogP contribution in [0.15, 0.2) is 170 Å². The van der Waals surface area contributed by atoms with Crippen LogP contribution < -0.4 is 0 Å². The van der Waals surface area contributed by atoms with Crippen LogP contribution in [0.5, 0.6) is 0 Å². The number of fused-ring (bicyclic) bond motifs is 12. The van der Waals surface area contributed by atoms with Crippen molar-refractivity contribution in [2.24, 2.45) is 0 Å². The Morgan fingerprint density at radius 2 is 1.00 bits per heavy atom. The van der Waals surface area contributed by atoms with E-state index in [-0.39, 0.29) is 0 Å². The lowest BCUT2D eigenvalue weighted by atomic mass is 10.00. The monoisotopic (exact) mass is 736 g/mol. The summed E-state index contributed by atoms with van der Waals surface area (Å²) in [7, 11) is 0. The zero-order valence-corrected chi connectivity index (χ0v) is 30.9. The van der Waals surface area contributed by atoms with E-state index in [9.17, 15) is 0 Å². The Bertz CT molecular complexity index is 3430. The van der Waals surface area contributed by atoms with Gasteiger partial charge in [0.15, 0.2) is 17.5 Å². The van der Waals surface area contributed by atoms with Crippen molar-refractivity contribution in [3.63, 3.8) is 0 Å².